The molecule has 8 nitrogen and oxygen atoms in total. The van der Waals surface area contributed by atoms with Gasteiger partial charge in [0, 0.05) is 6.54 Å². The van der Waals surface area contributed by atoms with Gasteiger partial charge in [0.25, 0.3) is 11.8 Å². The molecule has 1 unspecified atom stereocenters. The molecular weight excluding hydrogens is 406 g/mol. The van der Waals surface area contributed by atoms with Crippen LogP contribution in [0.3, 0.4) is 0 Å². The van der Waals surface area contributed by atoms with Crippen molar-refractivity contribution in [2.24, 2.45) is 0 Å². The average Bonchev–Trinajstić information content (AvgIpc) is 2.76. The van der Waals surface area contributed by atoms with Gasteiger partial charge in [-0.05, 0) is 31.2 Å². The van der Waals surface area contributed by atoms with Gasteiger partial charge in [-0.2, -0.15) is 0 Å². The van der Waals surface area contributed by atoms with Gasteiger partial charge in [0.05, 0.1) is 29.2 Å². The number of carbonyl (C=O) groups is 2. The maximum atomic E-state index is 12.9. The first kappa shape index (κ1) is 21.4. The van der Waals surface area contributed by atoms with Crippen LogP contribution < -0.4 is 19.7 Å². The van der Waals surface area contributed by atoms with E-state index in [0.29, 0.717) is 17.1 Å². The molecule has 1 aliphatic rings. The third kappa shape index (κ3) is 4.46. The highest BCUT2D eigenvalue weighted by Gasteiger charge is 2.36. The maximum Gasteiger partial charge on any atom is 0.267 e. The molecule has 30 heavy (non-hydrogen) atoms. The number of carbonyl (C=O) groups excluding carboxylic acids is 2. The summed E-state index contributed by atoms with van der Waals surface area (Å²) >= 11 is 0. The van der Waals surface area contributed by atoms with Crippen LogP contribution in [0.5, 0.6) is 5.75 Å². The summed E-state index contributed by atoms with van der Waals surface area (Å²) in [6.45, 7) is 5.22. The molecular formula is C21H23N3O5S. The topological polar surface area (TPSA) is 105 Å². The van der Waals surface area contributed by atoms with Crippen LogP contribution in [-0.4, -0.2) is 45.2 Å². The Hall–Kier alpha value is -3.33. The van der Waals surface area contributed by atoms with Gasteiger partial charge in [0.2, 0.25) is 10.0 Å². The Morgan fingerprint density at radius 3 is 2.63 bits per heavy atom. The van der Waals surface area contributed by atoms with E-state index >= 15 is 0 Å². The first-order chi connectivity index (χ1) is 14.4. The van der Waals surface area contributed by atoms with Crippen molar-refractivity contribution in [3.63, 3.8) is 0 Å². The highest BCUT2D eigenvalue weighted by Crippen LogP contribution is 2.35. The smallest absolute Gasteiger partial charge is 0.267 e. The molecule has 0 saturated carbocycles. The van der Waals surface area contributed by atoms with E-state index in [4.69, 9.17) is 4.74 Å². The minimum Gasteiger partial charge on any atom is -0.476 e. The molecule has 2 aromatic rings. The number of hydrogen-bond acceptors (Lipinski definition) is 5. The summed E-state index contributed by atoms with van der Waals surface area (Å²) in [6.07, 6.45) is 0.473. The van der Waals surface area contributed by atoms with E-state index in [1.807, 2.05) is 0 Å². The molecule has 1 atom stereocenters. The Morgan fingerprint density at radius 1 is 1.20 bits per heavy atom. The molecule has 158 valence electrons. The monoisotopic (exact) mass is 429 g/mol. The van der Waals surface area contributed by atoms with Gasteiger partial charge in [-0.1, -0.05) is 30.3 Å². The van der Waals surface area contributed by atoms with Gasteiger partial charge in [-0.3, -0.25) is 13.9 Å². The third-order valence-electron chi connectivity index (χ3n) is 4.56. The lowest BCUT2D eigenvalue weighted by molar-refractivity contribution is -0.122. The molecule has 0 saturated heterocycles. The van der Waals surface area contributed by atoms with Gasteiger partial charge in [0.15, 0.2) is 6.10 Å². The Morgan fingerprint density at radius 2 is 1.90 bits per heavy atom. The van der Waals surface area contributed by atoms with Crippen molar-refractivity contribution >= 4 is 33.2 Å². The van der Waals surface area contributed by atoms with Crippen LogP contribution in [0.25, 0.3) is 0 Å². The van der Waals surface area contributed by atoms with E-state index < -0.39 is 22.0 Å². The average molecular weight is 429 g/mol. The second-order valence-electron chi connectivity index (χ2n) is 6.54. The predicted octanol–water partition coefficient (Wildman–Crippen LogP) is 2.16. The summed E-state index contributed by atoms with van der Waals surface area (Å²) in [7, 11) is -3.61. The van der Waals surface area contributed by atoms with Crippen LogP contribution in [0, 0.1) is 0 Å². The standard InChI is InChI=1S/C21H23N3O5S/c1-3-13-22-20(25)15-9-5-6-10-16(15)23-21(26)19-14-24(30(27,28)4-2)17-11-7-8-12-18(17)29-19/h3,5-12,19H,1,4,13-14H2,2H3,(H,22,25)(H,23,26). The lowest BCUT2D eigenvalue weighted by Gasteiger charge is -2.34. The normalized spacial score (nSPS) is 15.5. The van der Waals surface area contributed by atoms with Gasteiger partial charge >= 0.3 is 0 Å². The Balaban J connectivity index is 1.85. The molecule has 1 heterocycles. The van der Waals surface area contributed by atoms with Crippen LogP contribution in [0.15, 0.2) is 61.2 Å². The zero-order chi connectivity index (χ0) is 21.7. The largest absolute Gasteiger partial charge is 0.476 e. The zero-order valence-corrected chi connectivity index (χ0v) is 17.3. The quantitative estimate of drug-likeness (QED) is 0.657. The minimum atomic E-state index is -3.61. The summed E-state index contributed by atoms with van der Waals surface area (Å²) in [6, 6.07) is 13.2. The van der Waals surface area contributed by atoms with Crippen LogP contribution >= 0.6 is 0 Å². The number of sulfonamides is 1. The molecule has 0 aliphatic carbocycles. The van der Waals surface area contributed by atoms with Crippen LogP contribution in [-0.2, 0) is 14.8 Å². The SMILES string of the molecule is C=CCNC(=O)c1ccccc1NC(=O)C1CN(S(=O)(=O)CC)c2ccccc2O1. The van der Waals surface area contributed by atoms with E-state index in [9.17, 15) is 18.0 Å². The van der Waals surface area contributed by atoms with Gasteiger partial charge in [0.1, 0.15) is 5.75 Å². The van der Waals surface area contributed by atoms with Crippen molar-refractivity contribution in [3.05, 3.63) is 66.7 Å². The number of nitrogens with zero attached hydrogens (tertiary/aromatic N) is 1. The van der Waals surface area contributed by atoms with E-state index in [0.717, 1.165) is 0 Å². The Kier molecular flexibility index (Phi) is 6.41. The number of para-hydroxylation sites is 3. The third-order valence-corrected chi connectivity index (χ3v) is 6.31. The van der Waals surface area contributed by atoms with Crippen molar-refractivity contribution in [1.82, 2.24) is 5.32 Å². The van der Waals surface area contributed by atoms with Gasteiger partial charge < -0.3 is 15.4 Å². The molecule has 0 aromatic heterocycles. The first-order valence-corrected chi connectivity index (χ1v) is 11.0. The van der Waals surface area contributed by atoms with Crippen molar-refractivity contribution in [3.8, 4) is 5.75 Å². The fourth-order valence-electron chi connectivity index (χ4n) is 3.02. The van der Waals surface area contributed by atoms with Crippen LogP contribution in [0.4, 0.5) is 11.4 Å². The molecule has 2 N–H and O–H groups in total. The number of hydrogen-bond donors (Lipinski definition) is 2. The molecule has 0 bridgehead atoms. The second-order valence-corrected chi connectivity index (χ2v) is 8.72. The molecule has 0 radical (unpaired) electrons. The number of rotatable bonds is 7. The number of amides is 2. The minimum absolute atomic E-state index is 0.109. The number of benzene rings is 2. The summed E-state index contributed by atoms with van der Waals surface area (Å²) in [5.74, 6) is -0.722. The highest BCUT2D eigenvalue weighted by atomic mass is 32.2. The summed E-state index contributed by atoms with van der Waals surface area (Å²) in [5.41, 5.74) is 0.978. The maximum absolute atomic E-state index is 12.9. The molecule has 9 heteroatoms. The molecule has 0 spiro atoms. The lowest BCUT2D eigenvalue weighted by Crippen LogP contribution is -2.49. The molecule has 2 amide bonds. The Bertz CT molecular complexity index is 1070. The number of ether oxygens (including phenoxy) is 1. The summed E-state index contributed by atoms with van der Waals surface area (Å²) in [4.78, 5) is 25.3. The summed E-state index contributed by atoms with van der Waals surface area (Å²) in [5, 5.41) is 5.35. The van der Waals surface area contributed by atoms with Crippen LogP contribution in [0.2, 0.25) is 0 Å². The molecule has 2 aromatic carbocycles. The van der Waals surface area contributed by atoms with Gasteiger partial charge in [-0.25, -0.2) is 8.42 Å². The van der Waals surface area contributed by atoms with E-state index in [2.05, 4.69) is 17.2 Å². The highest BCUT2D eigenvalue weighted by molar-refractivity contribution is 7.92. The van der Waals surface area contributed by atoms with E-state index in [1.165, 1.54) is 4.31 Å². The van der Waals surface area contributed by atoms with E-state index in [1.54, 1.807) is 61.5 Å². The van der Waals surface area contributed by atoms with Gasteiger partial charge in [-0.15, -0.1) is 6.58 Å². The predicted molar refractivity (Wildman–Crippen MR) is 115 cm³/mol. The number of fused-ring (bicyclic) bond motifs is 1. The Labute approximate surface area is 175 Å². The molecule has 3 rings (SSSR count). The molecule has 0 fully saturated rings. The second kappa shape index (κ2) is 9.00. The zero-order valence-electron chi connectivity index (χ0n) is 16.5. The number of nitrogens with one attached hydrogen (secondary N) is 2. The van der Waals surface area contributed by atoms with Crippen molar-refractivity contribution in [2.75, 3.05) is 28.5 Å². The van der Waals surface area contributed by atoms with Crippen molar-refractivity contribution in [2.45, 2.75) is 13.0 Å². The van der Waals surface area contributed by atoms with Crippen molar-refractivity contribution < 1.29 is 22.7 Å². The number of anilines is 2. The lowest BCUT2D eigenvalue weighted by atomic mass is 10.1. The van der Waals surface area contributed by atoms with Crippen molar-refractivity contribution in [1.29, 1.82) is 0 Å². The summed E-state index contributed by atoms with van der Waals surface area (Å²) < 4.78 is 32.1. The fraction of sp³-hybridized carbons (Fsp3) is 0.238. The first-order valence-electron chi connectivity index (χ1n) is 9.42. The molecule has 1 aliphatic heterocycles. The fourth-order valence-corrected chi connectivity index (χ4v) is 4.15. The van der Waals surface area contributed by atoms with Crippen LogP contribution in [0.1, 0.15) is 17.3 Å². The van der Waals surface area contributed by atoms with E-state index in [-0.39, 0.29) is 30.3 Å².